The number of likely N-dealkylation sites (tertiary alicyclic amines) is 1. The molecule has 4 rings (SSSR count). The van der Waals surface area contributed by atoms with Crippen molar-refractivity contribution in [2.45, 2.75) is 32.7 Å². The Hall–Kier alpha value is -2.66. The van der Waals surface area contributed by atoms with E-state index in [-0.39, 0.29) is 11.9 Å². The van der Waals surface area contributed by atoms with Crippen LogP contribution in [-0.2, 0) is 0 Å². The third-order valence-corrected chi connectivity index (χ3v) is 5.31. The Balaban J connectivity index is 1.60. The number of nitrogens with zero attached hydrogens (tertiary/aromatic N) is 3. The molecule has 1 fully saturated rings. The summed E-state index contributed by atoms with van der Waals surface area (Å²) < 4.78 is 5.50. The van der Waals surface area contributed by atoms with Crippen molar-refractivity contribution in [1.29, 1.82) is 0 Å². The van der Waals surface area contributed by atoms with Crippen molar-refractivity contribution >= 4 is 17.5 Å². The minimum atomic E-state index is -0.195. The van der Waals surface area contributed by atoms with Crippen LogP contribution in [0.5, 0.6) is 0 Å². The molecule has 0 bridgehead atoms. The first-order valence-corrected chi connectivity index (χ1v) is 9.38. The fourth-order valence-electron chi connectivity index (χ4n) is 3.42. The van der Waals surface area contributed by atoms with E-state index in [1.54, 1.807) is 12.1 Å². The largest absolute Gasteiger partial charge is 0.337 e. The van der Waals surface area contributed by atoms with Crippen LogP contribution in [-0.4, -0.2) is 27.5 Å². The van der Waals surface area contributed by atoms with Gasteiger partial charge in [-0.15, -0.1) is 0 Å². The lowest BCUT2D eigenvalue weighted by atomic mass is 10.1. The van der Waals surface area contributed by atoms with E-state index in [1.807, 2.05) is 49.1 Å². The maximum Gasteiger partial charge on any atom is 0.254 e. The highest BCUT2D eigenvalue weighted by Gasteiger charge is 2.34. The first kappa shape index (κ1) is 17.7. The van der Waals surface area contributed by atoms with Gasteiger partial charge in [0.05, 0.1) is 0 Å². The van der Waals surface area contributed by atoms with Crippen LogP contribution in [0.2, 0.25) is 5.02 Å². The predicted molar refractivity (Wildman–Crippen MR) is 104 cm³/mol. The Bertz CT molecular complexity index is 999. The lowest BCUT2D eigenvalue weighted by molar-refractivity contribution is 0.0710. The highest BCUT2D eigenvalue weighted by atomic mass is 35.5. The van der Waals surface area contributed by atoms with E-state index < -0.39 is 0 Å². The third kappa shape index (κ3) is 3.47. The molecule has 2 aromatic carbocycles. The van der Waals surface area contributed by atoms with Gasteiger partial charge in [-0.2, -0.15) is 4.98 Å². The van der Waals surface area contributed by atoms with Crippen LogP contribution in [0.3, 0.4) is 0 Å². The molecule has 1 aromatic heterocycles. The van der Waals surface area contributed by atoms with Gasteiger partial charge in [-0.3, -0.25) is 4.79 Å². The van der Waals surface area contributed by atoms with Crippen LogP contribution < -0.4 is 0 Å². The molecule has 0 N–H and O–H groups in total. The second-order valence-electron chi connectivity index (χ2n) is 6.92. The van der Waals surface area contributed by atoms with Gasteiger partial charge in [-0.25, -0.2) is 0 Å². The second-order valence-corrected chi connectivity index (χ2v) is 7.36. The average molecular weight is 382 g/mol. The van der Waals surface area contributed by atoms with Gasteiger partial charge in [-0.05, 0) is 62.1 Å². The van der Waals surface area contributed by atoms with E-state index in [1.165, 1.54) is 5.56 Å². The third-order valence-electron chi connectivity index (χ3n) is 5.08. The van der Waals surface area contributed by atoms with Crippen molar-refractivity contribution in [2.24, 2.45) is 0 Å². The molecular weight excluding hydrogens is 362 g/mol. The highest BCUT2D eigenvalue weighted by Crippen LogP contribution is 2.33. The monoisotopic (exact) mass is 381 g/mol. The normalized spacial score (nSPS) is 16.7. The van der Waals surface area contributed by atoms with Gasteiger partial charge >= 0.3 is 0 Å². The molecule has 5 nitrogen and oxygen atoms in total. The minimum Gasteiger partial charge on any atom is -0.337 e. The van der Waals surface area contributed by atoms with Gasteiger partial charge in [0, 0.05) is 22.7 Å². The summed E-state index contributed by atoms with van der Waals surface area (Å²) in [6, 6.07) is 12.9. The van der Waals surface area contributed by atoms with E-state index in [9.17, 15) is 4.79 Å². The number of hydrogen-bond acceptors (Lipinski definition) is 4. The van der Waals surface area contributed by atoms with Gasteiger partial charge in [-0.1, -0.05) is 35.0 Å². The Labute approximate surface area is 163 Å². The molecule has 138 valence electrons. The molecule has 2 heterocycles. The Morgan fingerprint density at radius 3 is 2.81 bits per heavy atom. The van der Waals surface area contributed by atoms with Crippen LogP contribution in [0.25, 0.3) is 11.4 Å². The number of aromatic nitrogens is 2. The summed E-state index contributed by atoms with van der Waals surface area (Å²) in [4.78, 5) is 19.4. The number of aryl methyl sites for hydroxylation is 2. The molecule has 3 aromatic rings. The van der Waals surface area contributed by atoms with Crippen LogP contribution in [0.4, 0.5) is 0 Å². The molecular formula is C21H20ClN3O2. The van der Waals surface area contributed by atoms with Crippen molar-refractivity contribution in [3.05, 3.63) is 70.1 Å². The zero-order valence-electron chi connectivity index (χ0n) is 15.3. The fourth-order valence-corrected chi connectivity index (χ4v) is 3.61. The standard InChI is InChI=1S/C21H20ClN3O2/c1-13-8-9-16(11-14(13)2)21(26)25-10-4-7-18(25)20-23-19(24-27-20)15-5-3-6-17(22)12-15/h3,5-6,8-9,11-12,18H,4,7,10H2,1-2H3/t18-/m1/s1. The smallest absolute Gasteiger partial charge is 0.254 e. The SMILES string of the molecule is Cc1ccc(C(=O)N2CCC[C@@H]2c2nc(-c3cccc(Cl)c3)no2)cc1C. The van der Waals surface area contributed by atoms with Crippen molar-refractivity contribution in [1.82, 2.24) is 15.0 Å². The zero-order valence-corrected chi connectivity index (χ0v) is 16.0. The molecule has 1 atom stereocenters. The molecule has 1 aliphatic rings. The minimum absolute atomic E-state index is 0.00288. The number of hydrogen-bond donors (Lipinski definition) is 0. The van der Waals surface area contributed by atoms with E-state index in [2.05, 4.69) is 10.1 Å². The maximum atomic E-state index is 13.0. The Morgan fingerprint density at radius 1 is 1.19 bits per heavy atom. The van der Waals surface area contributed by atoms with Gasteiger partial charge in [0.25, 0.3) is 5.91 Å². The Kier molecular flexibility index (Phi) is 4.70. The quantitative estimate of drug-likeness (QED) is 0.641. The molecule has 1 saturated heterocycles. The van der Waals surface area contributed by atoms with E-state index in [0.717, 1.165) is 24.0 Å². The van der Waals surface area contributed by atoms with E-state index in [4.69, 9.17) is 16.1 Å². The molecule has 1 amide bonds. The summed E-state index contributed by atoms with van der Waals surface area (Å²) in [5.41, 5.74) is 3.77. The summed E-state index contributed by atoms with van der Waals surface area (Å²) in [5, 5.41) is 4.70. The van der Waals surface area contributed by atoms with Gasteiger partial charge in [0.15, 0.2) is 0 Å². The summed E-state index contributed by atoms with van der Waals surface area (Å²) in [7, 11) is 0. The molecule has 27 heavy (non-hydrogen) atoms. The van der Waals surface area contributed by atoms with Crippen LogP contribution in [0.1, 0.15) is 46.3 Å². The molecule has 0 aliphatic carbocycles. The van der Waals surface area contributed by atoms with Gasteiger partial charge in [0.2, 0.25) is 11.7 Å². The highest BCUT2D eigenvalue weighted by molar-refractivity contribution is 6.30. The number of halogens is 1. The molecule has 0 unspecified atom stereocenters. The maximum absolute atomic E-state index is 13.0. The lowest BCUT2D eigenvalue weighted by Crippen LogP contribution is -2.30. The predicted octanol–water partition coefficient (Wildman–Crippen LogP) is 4.98. The van der Waals surface area contributed by atoms with Crippen molar-refractivity contribution in [2.75, 3.05) is 6.54 Å². The summed E-state index contributed by atoms with van der Waals surface area (Å²) >= 11 is 6.05. The Morgan fingerprint density at radius 2 is 2.04 bits per heavy atom. The fraction of sp³-hybridized carbons (Fsp3) is 0.286. The average Bonchev–Trinajstić information content (AvgIpc) is 3.32. The molecule has 0 radical (unpaired) electrons. The van der Waals surface area contributed by atoms with Crippen molar-refractivity contribution < 1.29 is 9.32 Å². The summed E-state index contributed by atoms with van der Waals surface area (Å²) in [6.07, 6.45) is 1.73. The van der Waals surface area contributed by atoms with Crippen LogP contribution >= 0.6 is 11.6 Å². The van der Waals surface area contributed by atoms with Crippen molar-refractivity contribution in [3.63, 3.8) is 0 Å². The molecule has 0 saturated carbocycles. The molecule has 1 aliphatic heterocycles. The first-order chi connectivity index (χ1) is 13.0. The van der Waals surface area contributed by atoms with Crippen LogP contribution in [0.15, 0.2) is 47.0 Å². The molecule has 6 heteroatoms. The summed E-state index contributed by atoms with van der Waals surface area (Å²) in [6.45, 7) is 4.74. The molecule has 0 spiro atoms. The van der Waals surface area contributed by atoms with E-state index >= 15 is 0 Å². The van der Waals surface area contributed by atoms with Gasteiger partial charge < -0.3 is 9.42 Å². The van der Waals surface area contributed by atoms with Crippen LogP contribution in [0, 0.1) is 13.8 Å². The number of amides is 1. The van der Waals surface area contributed by atoms with Crippen molar-refractivity contribution in [3.8, 4) is 11.4 Å². The number of benzene rings is 2. The summed E-state index contributed by atoms with van der Waals surface area (Å²) in [5.74, 6) is 0.959. The zero-order chi connectivity index (χ0) is 19.0. The lowest BCUT2D eigenvalue weighted by Gasteiger charge is -2.22. The second kappa shape index (κ2) is 7.16. The first-order valence-electron chi connectivity index (χ1n) is 9.00. The number of rotatable bonds is 3. The number of carbonyl (C=O) groups is 1. The van der Waals surface area contributed by atoms with E-state index in [0.29, 0.717) is 28.8 Å². The topological polar surface area (TPSA) is 59.2 Å². The van der Waals surface area contributed by atoms with Gasteiger partial charge in [0.1, 0.15) is 6.04 Å². The number of carbonyl (C=O) groups excluding carboxylic acids is 1.